The van der Waals surface area contributed by atoms with E-state index in [1.165, 1.54) is 0 Å². The van der Waals surface area contributed by atoms with Gasteiger partial charge < -0.3 is 14.8 Å². The van der Waals surface area contributed by atoms with E-state index in [1.54, 1.807) is 12.4 Å². The van der Waals surface area contributed by atoms with Crippen LogP contribution in [0.15, 0.2) is 36.7 Å². The summed E-state index contributed by atoms with van der Waals surface area (Å²) in [6.45, 7) is 3.02. The van der Waals surface area contributed by atoms with Crippen LogP contribution in [0, 0.1) is 6.92 Å². The lowest BCUT2D eigenvalue weighted by atomic mass is 10.0. The number of aryl methyl sites for hydroxylation is 1. The van der Waals surface area contributed by atoms with E-state index in [0.29, 0.717) is 24.5 Å². The summed E-state index contributed by atoms with van der Waals surface area (Å²) in [5.74, 6) is 2.36. The van der Waals surface area contributed by atoms with E-state index in [1.807, 2.05) is 55.1 Å². The third-order valence-electron chi connectivity index (χ3n) is 4.78. The number of H-pyrrole nitrogens is 1. The molecule has 0 fully saturated rings. The summed E-state index contributed by atoms with van der Waals surface area (Å²) in [6.07, 6.45) is 4.20. The molecule has 1 aliphatic rings. The maximum absolute atomic E-state index is 13.3. The highest BCUT2D eigenvalue weighted by molar-refractivity contribution is 6.00. The first-order chi connectivity index (χ1) is 13.0. The number of hydrogen-bond acceptors (Lipinski definition) is 5. The molecule has 1 amide bonds. The number of rotatable bonds is 3. The topological polar surface area (TPSA) is 78.0 Å². The van der Waals surface area contributed by atoms with E-state index in [0.717, 1.165) is 34.9 Å². The fraction of sp³-hybridized carbons (Fsp3) is 0.300. The Morgan fingerprint density at radius 3 is 2.78 bits per heavy atom. The highest BCUT2D eigenvalue weighted by Crippen LogP contribution is 2.28. The van der Waals surface area contributed by atoms with E-state index in [4.69, 9.17) is 0 Å². The Kier molecular flexibility index (Phi) is 4.35. The Morgan fingerprint density at radius 1 is 1.22 bits per heavy atom. The maximum atomic E-state index is 13.3. The molecule has 0 bridgehead atoms. The molecule has 0 saturated carbocycles. The van der Waals surface area contributed by atoms with Crippen LogP contribution in [0.2, 0.25) is 0 Å². The van der Waals surface area contributed by atoms with Gasteiger partial charge in [0.25, 0.3) is 5.91 Å². The standard InChI is InChI=1S/C20H22N6O/c1-13-23-17-12-26(11-8-16(17)19(24-13)25(2)3)20(27)15-7-5-4-6-14(15)18-21-9-10-22-18/h4-7,9-10H,8,11-12H2,1-3H3,(H,21,22). The molecular weight excluding hydrogens is 340 g/mol. The van der Waals surface area contributed by atoms with E-state index < -0.39 is 0 Å². The van der Waals surface area contributed by atoms with Crippen molar-refractivity contribution in [2.75, 3.05) is 25.5 Å². The predicted molar refractivity (Wildman–Crippen MR) is 104 cm³/mol. The number of nitrogens with one attached hydrogen (secondary N) is 1. The second-order valence-electron chi connectivity index (χ2n) is 6.87. The second-order valence-corrected chi connectivity index (χ2v) is 6.87. The number of fused-ring (bicyclic) bond motifs is 1. The first-order valence-electron chi connectivity index (χ1n) is 8.96. The summed E-state index contributed by atoms with van der Waals surface area (Å²) in [5.41, 5.74) is 3.52. The zero-order chi connectivity index (χ0) is 19.0. The van der Waals surface area contributed by atoms with Crippen LogP contribution >= 0.6 is 0 Å². The molecular formula is C20H22N6O. The van der Waals surface area contributed by atoms with Crippen molar-refractivity contribution in [2.24, 2.45) is 0 Å². The summed E-state index contributed by atoms with van der Waals surface area (Å²) in [6, 6.07) is 7.57. The van der Waals surface area contributed by atoms with Gasteiger partial charge in [-0.05, 0) is 19.4 Å². The van der Waals surface area contributed by atoms with Crippen LogP contribution in [0.5, 0.6) is 0 Å². The molecule has 1 aliphatic heterocycles. The third kappa shape index (κ3) is 3.16. The highest BCUT2D eigenvalue weighted by atomic mass is 16.2. The third-order valence-corrected chi connectivity index (χ3v) is 4.78. The van der Waals surface area contributed by atoms with Crippen molar-refractivity contribution in [3.05, 3.63) is 59.3 Å². The minimum Gasteiger partial charge on any atom is -0.362 e. The molecule has 0 spiro atoms. The number of aromatic amines is 1. The first kappa shape index (κ1) is 17.2. The average molecular weight is 362 g/mol. The monoisotopic (exact) mass is 362 g/mol. The molecule has 3 heterocycles. The van der Waals surface area contributed by atoms with Gasteiger partial charge in [0.15, 0.2) is 0 Å². The summed E-state index contributed by atoms with van der Waals surface area (Å²) >= 11 is 0. The van der Waals surface area contributed by atoms with Crippen molar-refractivity contribution >= 4 is 11.7 Å². The van der Waals surface area contributed by atoms with Gasteiger partial charge in [0.05, 0.1) is 17.8 Å². The first-order valence-corrected chi connectivity index (χ1v) is 8.96. The Bertz CT molecular complexity index is 980. The lowest BCUT2D eigenvalue weighted by Crippen LogP contribution is -2.37. The lowest BCUT2D eigenvalue weighted by Gasteiger charge is -2.31. The normalized spacial score (nSPS) is 13.4. The van der Waals surface area contributed by atoms with Crippen LogP contribution in [0.25, 0.3) is 11.4 Å². The van der Waals surface area contributed by atoms with Crippen LogP contribution in [-0.2, 0) is 13.0 Å². The number of benzene rings is 1. The Labute approximate surface area is 158 Å². The minimum absolute atomic E-state index is 0.00433. The maximum Gasteiger partial charge on any atom is 0.254 e. The van der Waals surface area contributed by atoms with Gasteiger partial charge in [0, 0.05) is 44.2 Å². The van der Waals surface area contributed by atoms with E-state index in [-0.39, 0.29) is 5.91 Å². The van der Waals surface area contributed by atoms with E-state index in [2.05, 4.69) is 19.9 Å². The Morgan fingerprint density at radius 2 is 2.04 bits per heavy atom. The van der Waals surface area contributed by atoms with Crippen LogP contribution in [0.3, 0.4) is 0 Å². The smallest absolute Gasteiger partial charge is 0.254 e. The molecule has 4 rings (SSSR count). The summed E-state index contributed by atoms with van der Waals surface area (Å²) in [7, 11) is 3.97. The molecule has 1 aromatic carbocycles. The van der Waals surface area contributed by atoms with Crippen LogP contribution in [-0.4, -0.2) is 51.4 Å². The van der Waals surface area contributed by atoms with E-state index >= 15 is 0 Å². The lowest BCUT2D eigenvalue weighted by molar-refractivity contribution is 0.0732. The van der Waals surface area contributed by atoms with Crippen molar-refractivity contribution in [3.8, 4) is 11.4 Å². The summed E-state index contributed by atoms with van der Waals surface area (Å²) in [4.78, 5) is 33.7. The molecule has 1 N–H and O–H groups in total. The number of imidazole rings is 1. The predicted octanol–water partition coefficient (Wildman–Crippen LogP) is 2.44. The molecule has 0 radical (unpaired) electrons. The number of amides is 1. The second kappa shape index (κ2) is 6.83. The van der Waals surface area contributed by atoms with Crippen molar-refractivity contribution in [1.82, 2.24) is 24.8 Å². The van der Waals surface area contributed by atoms with Crippen molar-refractivity contribution in [2.45, 2.75) is 19.9 Å². The van der Waals surface area contributed by atoms with Gasteiger partial charge in [0.1, 0.15) is 17.5 Å². The van der Waals surface area contributed by atoms with Gasteiger partial charge in [-0.2, -0.15) is 0 Å². The van der Waals surface area contributed by atoms with Crippen LogP contribution in [0.4, 0.5) is 5.82 Å². The number of carbonyl (C=O) groups is 1. The molecule has 7 nitrogen and oxygen atoms in total. The zero-order valence-corrected chi connectivity index (χ0v) is 15.7. The van der Waals surface area contributed by atoms with E-state index in [9.17, 15) is 4.79 Å². The Hall–Kier alpha value is -3.22. The van der Waals surface area contributed by atoms with Gasteiger partial charge in [-0.15, -0.1) is 0 Å². The number of hydrogen-bond donors (Lipinski definition) is 1. The highest BCUT2D eigenvalue weighted by Gasteiger charge is 2.27. The molecule has 3 aromatic rings. The number of nitrogens with zero attached hydrogens (tertiary/aromatic N) is 5. The van der Waals surface area contributed by atoms with Crippen molar-refractivity contribution in [1.29, 1.82) is 0 Å². The number of carbonyl (C=O) groups excluding carboxylic acids is 1. The van der Waals surface area contributed by atoms with Crippen molar-refractivity contribution < 1.29 is 4.79 Å². The average Bonchev–Trinajstić information content (AvgIpc) is 3.20. The van der Waals surface area contributed by atoms with Gasteiger partial charge in [-0.3, -0.25) is 4.79 Å². The molecule has 2 aromatic heterocycles. The quantitative estimate of drug-likeness (QED) is 0.774. The molecule has 0 atom stereocenters. The Balaban J connectivity index is 1.67. The van der Waals surface area contributed by atoms with Gasteiger partial charge in [-0.25, -0.2) is 15.0 Å². The fourth-order valence-corrected chi connectivity index (χ4v) is 3.53. The summed E-state index contributed by atoms with van der Waals surface area (Å²) < 4.78 is 0. The van der Waals surface area contributed by atoms with Gasteiger partial charge in [0.2, 0.25) is 0 Å². The number of aromatic nitrogens is 4. The van der Waals surface area contributed by atoms with Gasteiger partial charge in [-0.1, -0.05) is 18.2 Å². The summed E-state index contributed by atoms with van der Waals surface area (Å²) in [5, 5.41) is 0. The minimum atomic E-state index is -0.00433. The van der Waals surface area contributed by atoms with Crippen molar-refractivity contribution in [3.63, 3.8) is 0 Å². The largest absolute Gasteiger partial charge is 0.362 e. The van der Waals surface area contributed by atoms with Crippen LogP contribution < -0.4 is 4.90 Å². The molecule has 0 unspecified atom stereocenters. The number of anilines is 1. The SMILES string of the molecule is Cc1nc2c(c(N(C)C)n1)CCN(C(=O)c1ccccc1-c1ncc[nH]1)C2. The van der Waals surface area contributed by atoms with Crippen LogP contribution in [0.1, 0.15) is 27.4 Å². The molecule has 138 valence electrons. The fourth-order valence-electron chi connectivity index (χ4n) is 3.53. The van der Waals surface area contributed by atoms with Gasteiger partial charge >= 0.3 is 0 Å². The molecule has 27 heavy (non-hydrogen) atoms. The molecule has 0 aliphatic carbocycles. The molecule has 0 saturated heterocycles. The molecule has 7 heteroatoms. The zero-order valence-electron chi connectivity index (χ0n) is 15.7.